The smallest absolute Gasteiger partial charge is 0.317 e. The average Bonchev–Trinajstić information content (AvgIpc) is 2.56. The van der Waals surface area contributed by atoms with Crippen molar-refractivity contribution in [2.45, 2.75) is 70.9 Å². The number of aromatic nitrogens is 2. The molecule has 1 saturated carbocycles. The zero-order valence-electron chi connectivity index (χ0n) is 14.6. The fraction of sp³-hybridized carbons (Fsp3) is 0.632. The molecule has 5 nitrogen and oxygen atoms in total. The summed E-state index contributed by atoms with van der Waals surface area (Å²) in [7, 11) is 0. The fourth-order valence-electron chi connectivity index (χ4n) is 3.57. The van der Waals surface area contributed by atoms with E-state index < -0.39 is 0 Å². The maximum atomic E-state index is 12.3. The van der Waals surface area contributed by atoms with Crippen LogP contribution in [-0.2, 0) is 4.79 Å². The summed E-state index contributed by atoms with van der Waals surface area (Å²) < 4.78 is 5.94. The molecule has 3 rings (SSSR count). The Morgan fingerprint density at radius 3 is 2.42 bits per heavy atom. The van der Waals surface area contributed by atoms with Gasteiger partial charge in [-0.05, 0) is 64.9 Å². The normalized spacial score (nSPS) is 26.8. The average molecular weight is 329 g/mol. The van der Waals surface area contributed by atoms with Crippen LogP contribution in [0.2, 0.25) is 0 Å². The summed E-state index contributed by atoms with van der Waals surface area (Å²) in [6, 6.07) is 2.71. The number of carbonyl (C=O) groups is 1. The maximum absolute atomic E-state index is 12.3. The summed E-state index contributed by atoms with van der Waals surface area (Å²) in [6.07, 6.45) is 11.1. The Morgan fingerprint density at radius 2 is 1.79 bits per heavy atom. The molecule has 1 N–H and O–H groups in total. The van der Waals surface area contributed by atoms with E-state index in [0.717, 1.165) is 56.3 Å². The molecular formula is C19H27N3O2. The second-order valence-electron chi connectivity index (χ2n) is 7.01. The monoisotopic (exact) mass is 329 g/mol. The van der Waals surface area contributed by atoms with Crippen molar-refractivity contribution < 1.29 is 9.53 Å². The number of nitrogens with zero attached hydrogens (tertiary/aromatic N) is 2. The third-order valence-electron chi connectivity index (χ3n) is 4.89. The molecule has 5 heteroatoms. The molecule has 130 valence electrons. The number of aryl methyl sites for hydroxylation is 2. The largest absolute Gasteiger partial charge is 0.460 e. The van der Waals surface area contributed by atoms with E-state index in [0.29, 0.717) is 6.01 Å². The molecule has 1 fully saturated rings. The van der Waals surface area contributed by atoms with Crippen LogP contribution in [0.5, 0.6) is 6.01 Å². The molecule has 2 aliphatic rings. The van der Waals surface area contributed by atoms with Crippen LogP contribution in [0.1, 0.15) is 56.3 Å². The quantitative estimate of drug-likeness (QED) is 0.861. The van der Waals surface area contributed by atoms with Crippen LogP contribution in [-0.4, -0.2) is 28.0 Å². The number of rotatable bonds is 4. The van der Waals surface area contributed by atoms with Gasteiger partial charge in [-0.1, -0.05) is 12.2 Å². The van der Waals surface area contributed by atoms with E-state index in [1.54, 1.807) is 0 Å². The SMILES string of the molecule is Cc1cc(C)nc(OC2CCC(NC(=O)[C@@H]3CC=CCC3)CC2)n1. The third kappa shape index (κ3) is 4.56. The zero-order valence-corrected chi connectivity index (χ0v) is 14.6. The molecule has 0 bridgehead atoms. The summed E-state index contributed by atoms with van der Waals surface area (Å²) in [5.41, 5.74) is 1.86. The molecule has 0 unspecified atom stereocenters. The van der Waals surface area contributed by atoms with E-state index in [1.165, 1.54) is 0 Å². The number of hydrogen-bond acceptors (Lipinski definition) is 4. The van der Waals surface area contributed by atoms with Gasteiger partial charge in [-0.3, -0.25) is 4.79 Å². The van der Waals surface area contributed by atoms with Crippen molar-refractivity contribution in [3.05, 3.63) is 29.6 Å². The number of amides is 1. The molecule has 1 aromatic heterocycles. The van der Waals surface area contributed by atoms with Crippen LogP contribution in [0.15, 0.2) is 18.2 Å². The van der Waals surface area contributed by atoms with Crippen LogP contribution in [0.3, 0.4) is 0 Å². The number of allylic oxidation sites excluding steroid dienone is 2. The predicted octanol–water partition coefficient (Wildman–Crippen LogP) is 3.26. The third-order valence-corrected chi connectivity index (χ3v) is 4.89. The fourth-order valence-corrected chi connectivity index (χ4v) is 3.57. The molecule has 1 heterocycles. The van der Waals surface area contributed by atoms with Crippen molar-refractivity contribution in [1.82, 2.24) is 15.3 Å². The molecule has 0 radical (unpaired) electrons. The van der Waals surface area contributed by atoms with Crippen LogP contribution >= 0.6 is 0 Å². The molecule has 0 aliphatic heterocycles. The molecule has 1 aromatic rings. The van der Waals surface area contributed by atoms with E-state index in [2.05, 4.69) is 27.4 Å². The minimum absolute atomic E-state index is 0.150. The van der Waals surface area contributed by atoms with E-state index in [-0.39, 0.29) is 24.0 Å². The van der Waals surface area contributed by atoms with E-state index in [1.807, 2.05) is 19.9 Å². The highest BCUT2D eigenvalue weighted by atomic mass is 16.5. The van der Waals surface area contributed by atoms with Gasteiger partial charge in [0.25, 0.3) is 0 Å². The van der Waals surface area contributed by atoms with E-state index >= 15 is 0 Å². The number of carbonyl (C=O) groups excluding carboxylic acids is 1. The molecule has 1 amide bonds. The standard InChI is InChI=1S/C19H27N3O2/c1-13-12-14(2)21-19(20-13)24-17-10-8-16(9-11-17)22-18(23)15-6-4-3-5-7-15/h3-4,12,15-17H,5-11H2,1-2H3,(H,22,23)/t15-,16?,17?/m1/s1. The summed E-state index contributed by atoms with van der Waals surface area (Å²) in [6.45, 7) is 3.91. The lowest BCUT2D eigenvalue weighted by atomic mass is 9.90. The number of hydrogen-bond donors (Lipinski definition) is 1. The second kappa shape index (κ2) is 7.77. The van der Waals surface area contributed by atoms with Gasteiger partial charge in [0.1, 0.15) is 6.10 Å². The van der Waals surface area contributed by atoms with Crippen LogP contribution < -0.4 is 10.1 Å². The summed E-state index contributed by atoms with van der Waals surface area (Å²) in [4.78, 5) is 21.0. The first-order valence-corrected chi connectivity index (χ1v) is 9.04. The van der Waals surface area contributed by atoms with Crippen molar-refractivity contribution in [2.24, 2.45) is 5.92 Å². The number of nitrogens with one attached hydrogen (secondary N) is 1. The lowest BCUT2D eigenvalue weighted by Gasteiger charge is -2.30. The van der Waals surface area contributed by atoms with E-state index in [4.69, 9.17) is 4.74 Å². The van der Waals surface area contributed by atoms with Crippen molar-refractivity contribution in [3.8, 4) is 6.01 Å². The Labute approximate surface area is 143 Å². The summed E-state index contributed by atoms with van der Waals surface area (Å²) in [5.74, 6) is 0.383. The number of ether oxygens (including phenoxy) is 1. The predicted molar refractivity (Wildman–Crippen MR) is 92.8 cm³/mol. The van der Waals surface area contributed by atoms with Gasteiger partial charge in [-0.25, -0.2) is 9.97 Å². The maximum Gasteiger partial charge on any atom is 0.317 e. The van der Waals surface area contributed by atoms with Gasteiger partial charge < -0.3 is 10.1 Å². The Balaban J connectivity index is 1.45. The first-order valence-electron chi connectivity index (χ1n) is 9.04. The minimum atomic E-state index is 0.150. The Bertz CT molecular complexity index is 586. The van der Waals surface area contributed by atoms with Gasteiger partial charge in [0, 0.05) is 23.3 Å². The molecule has 2 aliphatic carbocycles. The van der Waals surface area contributed by atoms with Gasteiger partial charge in [-0.15, -0.1) is 0 Å². The summed E-state index contributed by atoms with van der Waals surface area (Å²) >= 11 is 0. The first-order chi connectivity index (χ1) is 11.6. The van der Waals surface area contributed by atoms with Gasteiger partial charge in [0.2, 0.25) is 5.91 Å². The van der Waals surface area contributed by atoms with Gasteiger partial charge in [0.05, 0.1) is 0 Å². The lowest BCUT2D eigenvalue weighted by Crippen LogP contribution is -2.42. The van der Waals surface area contributed by atoms with Crippen LogP contribution in [0, 0.1) is 19.8 Å². The highest BCUT2D eigenvalue weighted by Gasteiger charge is 2.26. The molecular weight excluding hydrogens is 302 g/mol. The summed E-state index contributed by atoms with van der Waals surface area (Å²) in [5, 5.41) is 3.23. The highest BCUT2D eigenvalue weighted by molar-refractivity contribution is 5.79. The Morgan fingerprint density at radius 1 is 1.08 bits per heavy atom. The van der Waals surface area contributed by atoms with Gasteiger partial charge >= 0.3 is 6.01 Å². The molecule has 0 spiro atoms. The molecule has 0 saturated heterocycles. The van der Waals surface area contributed by atoms with Gasteiger partial charge in [0.15, 0.2) is 0 Å². The Kier molecular flexibility index (Phi) is 5.48. The van der Waals surface area contributed by atoms with Crippen molar-refractivity contribution in [1.29, 1.82) is 0 Å². The Hall–Kier alpha value is -1.91. The lowest BCUT2D eigenvalue weighted by molar-refractivity contribution is -0.126. The first kappa shape index (κ1) is 16.9. The van der Waals surface area contributed by atoms with Crippen molar-refractivity contribution in [3.63, 3.8) is 0 Å². The van der Waals surface area contributed by atoms with Crippen molar-refractivity contribution >= 4 is 5.91 Å². The van der Waals surface area contributed by atoms with Crippen LogP contribution in [0.25, 0.3) is 0 Å². The van der Waals surface area contributed by atoms with Crippen LogP contribution in [0.4, 0.5) is 0 Å². The van der Waals surface area contributed by atoms with Crippen molar-refractivity contribution in [2.75, 3.05) is 0 Å². The topological polar surface area (TPSA) is 64.1 Å². The second-order valence-corrected chi connectivity index (χ2v) is 7.01. The van der Waals surface area contributed by atoms with Gasteiger partial charge in [-0.2, -0.15) is 0 Å². The minimum Gasteiger partial charge on any atom is -0.460 e. The molecule has 0 aromatic carbocycles. The molecule has 24 heavy (non-hydrogen) atoms. The molecule has 1 atom stereocenters. The zero-order chi connectivity index (χ0) is 16.9. The highest BCUT2D eigenvalue weighted by Crippen LogP contribution is 2.24. The van der Waals surface area contributed by atoms with E-state index in [9.17, 15) is 4.79 Å².